The number of hydrogen-bond donors (Lipinski definition) is 1. The number of pyridine rings is 1. The predicted octanol–water partition coefficient (Wildman–Crippen LogP) is 4.48. The lowest BCUT2D eigenvalue weighted by molar-refractivity contribution is 0.0322. The Kier molecular flexibility index (Phi) is 4.67. The van der Waals surface area contributed by atoms with Gasteiger partial charge in [0.05, 0.1) is 28.0 Å². The Morgan fingerprint density at radius 3 is 2.96 bits per heavy atom. The average molecular weight is 447 g/mol. The van der Waals surface area contributed by atoms with Gasteiger partial charge in [-0.3, -0.25) is 0 Å². The molecule has 0 saturated carbocycles. The van der Waals surface area contributed by atoms with Gasteiger partial charge < -0.3 is 9.72 Å². The summed E-state index contributed by atoms with van der Waals surface area (Å²) < 4.78 is 7.87. The molecule has 0 fully saturated rings. The van der Waals surface area contributed by atoms with Crippen LogP contribution in [0.2, 0.25) is 5.02 Å². The molecule has 7 nitrogen and oxygen atoms in total. The van der Waals surface area contributed by atoms with Gasteiger partial charge in [0.2, 0.25) is 0 Å². The number of hydrogen-bond acceptors (Lipinski definition) is 5. The van der Waals surface area contributed by atoms with Gasteiger partial charge in [0.15, 0.2) is 11.8 Å². The van der Waals surface area contributed by atoms with E-state index in [4.69, 9.17) is 16.3 Å². The van der Waals surface area contributed by atoms with E-state index in [0.29, 0.717) is 27.7 Å². The second-order valence-electron chi connectivity index (χ2n) is 5.82. The minimum absolute atomic E-state index is 0.318. The molecule has 0 unspecified atom stereocenters. The van der Waals surface area contributed by atoms with Gasteiger partial charge in [0.1, 0.15) is 5.82 Å². The molecule has 136 valence electrons. The van der Waals surface area contributed by atoms with Crippen molar-refractivity contribution in [2.45, 2.75) is 13.0 Å². The van der Waals surface area contributed by atoms with Gasteiger partial charge in [-0.25, -0.2) is 19.4 Å². The molecule has 9 heteroatoms. The predicted molar refractivity (Wildman–Crippen MR) is 104 cm³/mol. The fourth-order valence-electron chi connectivity index (χ4n) is 2.57. The lowest BCUT2D eigenvalue weighted by Crippen LogP contribution is -2.10. The van der Waals surface area contributed by atoms with E-state index in [0.717, 1.165) is 9.99 Å². The normalized spacial score (nSPS) is 12.3. The smallest absolute Gasteiger partial charge is 0.342 e. The second kappa shape index (κ2) is 7.13. The fourth-order valence-corrected chi connectivity index (χ4v) is 3.12. The lowest BCUT2D eigenvalue weighted by atomic mass is 10.3. The summed E-state index contributed by atoms with van der Waals surface area (Å²) >= 11 is 9.52. The molecule has 1 N–H and O–H groups in total. The third-order valence-electron chi connectivity index (χ3n) is 3.91. The maximum absolute atomic E-state index is 12.5. The molecule has 0 aliphatic carbocycles. The molecule has 27 heavy (non-hydrogen) atoms. The molecule has 0 saturated heterocycles. The van der Waals surface area contributed by atoms with Gasteiger partial charge in [-0.1, -0.05) is 23.7 Å². The van der Waals surface area contributed by atoms with E-state index in [2.05, 4.69) is 36.0 Å². The first kappa shape index (κ1) is 17.7. The Morgan fingerprint density at radius 2 is 2.15 bits per heavy atom. The highest BCUT2D eigenvalue weighted by Crippen LogP contribution is 2.22. The first-order chi connectivity index (χ1) is 13.0. The number of rotatable bonds is 4. The van der Waals surface area contributed by atoms with Crippen LogP contribution in [0.5, 0.6) is 0 Å². The summed E-state index contributed by atoms with van der Waals surface area (Å²) in [7, 11) is 0. The summed E-state index contributed by atoms with van der Waals surface area (Å²) in [6.07, 6.45) is 4.10. The number of aromatic amines is 1. The Morgan fingerprint density at radius 1 is 1.33 bits per heavy atom. The SMILES string of the molecule is C[C@H](OC(=O)c1cnn(-c2ccccc2Cl)c1)c1nc2ncc(Br)cc2[nH]1. The quantitative estimate of drug-likeness (QED) is 0.467. The van der Waals surface area contributed by atoms with Crippen LogP contribution in [0.4, 0.5) is 0 Å². The van der Waals surface area contributed by atoms with Crippen molar-refractivity contribution in [2.24, 2.45) is 0 Å². The van der Waals surface area contributed by atoms with Crippen molar-refractivity contribution in [1.82, 2.24) is 24.7 Å². The topological polar surface area (TPSA) is 85.7 Å². The molecule has 3 aromatic heterocycles. The number of aromatic nitrogens is 5. The maximum atomic E-state index is 12.5. The van der Waals surface area contributed by atoms with Crippen molar-refractivity contribution in [3.63, 3.8) is 0 Å². The highest BCUT2D eigenvalue weighted by atomic mass is 79.9. The van der Waals surface area contributed by atoms with Crippen molar-refractivity contribution in [3.05, 3.63) is 69.8 Å². The van der Waals surface area contributed by atoms with Crippen LogP contribution in [0, 0.1) is 0 Å². The molecule has 0 amide bonds. The van der Waals surface area contributed by atoms with Crippen molar-refractivity contribution >= 4 is 44.7 Å². The number of nitrogens with zero attached hydrogens (tertiary/aromatic N) is 4. The minimum Gasteiger partial charge on any atom is -0.451 e. The number of carbonyl (C=O) groups is 1. The van der Waals surface area contributed by atoms with E-state index < -0.39 is 12.1 Å². The number of esters is 1. The third-order valence-corrected chi connectivity index (χ3v) is 4.66. The molecule has 0 bridgehead atoms. The van der Waals surface area contributed by atoms with Gasteiger partial charge in [-0.2, -0.15) is 5.10 Å². The Hall–Kier alpha value is -2.71. The number of H-pyrrole nitrogens is 1. The monoisotopic (exact) mass is 445 g/mol. The zero-order valence-corrected chi connectivity index (χ0v) is 16.4. The third kappa shape index (κ3) is 3.58. The number of ether oxygens (including phenoxy) is 1. The number of para-hydroxylation sites is 1. The first-order valence-electron chi connectivity index (χ1n) is 8.03. The number of imidazole rings is 1. The van der Waals surface area contributed by atoms with Crippen LogP contribution >= 0.6 is 27.5 Å². The fraction of sp³-hybridized carbons (Fsp3) is 0.111. The van der Waals surface area contributed by atoms with E-state index >= 15 is 0 Å². The summed E-state index contributed by atoms with van der Waals surface area (Å²) in [5, 5.41) is 4.72. The molecule has 0 radical (unpaired) electrons. The highest BCUT2D eigenvalue weighted by molar-refractivity contribution is 9.10. The van der Waals surface area contributed by atoms with Crippen LogP contribution in [0.15, 0.2) is 53.4 Å². The van der Waals surface area contributed by atoms with E-state index in [1.165, 1.54) is 10.9 Å². The highest BCUT2D eigenvalue weighted by Gasteiger charge is 2.19. The zero-order chi connectivity index (χ0) is 19.0. The van der Waals surface area contributed by atoms with Crippen molar-refractivity contribution in [1.29, 1.82) is 0 Å². The van der Waals surface area contributed by atoms with Crippen LogP contribution in [0.3, 0.4) is 0 Å². The van der Waals surface area contributed by atoms with Crippen molar-refractivity contribution < 1.29 is 9.53 Å². The van der Waals surface area contributed by atoms with Gasteiger partial charge in [0.25, 0.3) is 0 Å². The number of fused-ring (bicyclic) bond motifs is 1. The van der Waals surface area contributed by atoms with Crippen LogP contribution in [0.25, 0.3) is 16.9 Å². The molecule has 0 aliphatic rings. The van der Waals surface area contributed by atoms with E-state index in [1.807, 2.05) is 24.3 Å². The van der Waals surface area contributed by atoms with Gasteiger partial charge in [0, 0.05) is 16.9 Å². The van der Waals surface area contributed by atoms with Crippen molar-refractivity contribution in [2.75, 3.05) is 0 Å². The van der Waals surface area contributed by atoms with Crippen LogP contribution in [-0.2, 0) is 4.74 Å². The molecular formula is C18H13BrClN5O2. The van der Waals surface area contributed by atoms with E-state index in [-0.39, 0.29) is 0 Å². The first-order valence-corrected chi connectivity index (χ1v) is 9.20. The summed E-state index contributed by atoms with van der Waals surface area (Å²) in [6.45, 7) is 1.74. The Labute approximate surface area is 167 Å². The maximum Gasteiger partial charge on any atom is 0.342 e. The lowest BCUT2D eigenvalue weighted by Gasteiger charge is -2.09. The number of benzene rings is 1. The summed E-state index contributed by atoms with van der Waals surface area (Å²) in [6, 6.07) is 9.10. The molecule has 4 aromatic rings. The molecule has 1 aromatic carbocycles. The molecule has 1 atom stereocenters. The Balaban J connectivity index is 1.52. The summed E-state index contributed by atoms with van der Waals surface area (Å²) in [5.41, 5.74) is 2.32. The van der Waals surface area contributed by atoms with Crippen molar-refractivity contribution in [3.8, 4) is 5.69 Å². The van der Waals surface area contributed by atoms with Gasteiger partial charge >= 0.3 is 5.97 Å². The molecule has 4 rings (SSSR count). The largest absolute Gasteiger partial charge is 0.451 e. The van der Waals surface area contributed by atoms with E-state index in [9.17, 15) is 4.79 Å². The summed E-state index contributed by atoms with van der Waals surface area (Å²) in [4.78, 5) is 24.1. The average Bonchev–Trinajstić information content (AvgIpc) is 3.28. The summed E-state index contributed by atoms with van der Waals surface area (Å²) in [5.74, 6) is 0.0119. The second-order valence-corrected chi connectivity index (χ2v) is 7.14. The molecular weight excluding hydrogens is 434 g/mol. The number of halogens is 2. The van der Waals surface area contributed by atoms with Crippen LogP contribution in [0.1, 0.15) is 29.2 Å². The van der Waals surface area contributed by atoms with Gasteiger partial charge in [-0.05, 0) is 41.1 Å². The molecule has 0 aliphatic heterocycles. The molecule has 0 spiro atoms. The standard InChI is InChI=1S/C18H13BrClN5O2/c1-10(16-23-14-6-12(19)8-21-17(14)24-16)27-18(26)11-7-22-25(9-11)15-5-3-2-4-13(15)20/h2-10H,1H3,(H,21,23,24)/t10-/m0/s1. The van der Waals surface area contributed by atoms with Gasteiger partial charge in [-0.15, -0.1) is 0 Å². The van der Waals surface area contributed by atoms with Crippen LogP contribution < -0.4 is 0 Å². The minimum atomic E-state index is -0.575. The van der Waals surface area contributed by atoms with E-state index in [1.54, 1.807) is 25.4 Å². The zero-order valence-electron chi connectivity index (χ0n) is 14.1. The Bertz CT molecular complexity index is 1140. The molecule has 3 heterocycles. The van der Waals surface area contributed by atoms with Crippen LogP contribution in [-0.4, -0.2) is 30.7 Å². The number of nitrogens with one attached hydrogen (secondary N) is 1. The number of carbonyl (C=O) groups excluding carboxylic acids is 1.